The highest BCUT2D eigenvalue weighted by Crippen LogP contribution is 2.23. The number of hydrogen-bond acceptors (Lipinski definition) is 3. The standard InChI is InChI=1S/C21H30N2O4/c1-13(2)17(19(25)23-11-10-15(12-23)20(26)27)22-18(24)14-6-8-16(9-7-14)21(3,4)5/h6-9,13,15,17H,10-12H2,1-5H3,(H,22,24)(H,26,27). The van der Waals surface area contributed by atoms with Crippen LogP contribution < -0.4 is 5.32 Å². The van der Waals surface area contributed by atoms with E-state index in [1.807, 2.05) is 26.0 Å². The number of carboxylic acids is 1. The number of hydrogen-bond donors (Lipinski definition) is 2. The van der Waals surface area contributed by atoms with Crippen molar-refractivity contribution in [2.45, 2.75) is 52.5 Å². The molecule has 1 aromatic carbocycles. The summed E-state index contributed by atoms with van der Waals surface area (Å²) in [6, 6.07) is 6.73. The lowest BCUT2D eigenvalue weighted by molar-refractivity contribution is -0.141. The Labute approximate surface area is 160 Å². The Hall–Kier alpha value is -2.37. The van der Waals surface area contributed by atoms with E-state index in [0.29, 0.717) is 18.5 Å². The molecule has 1 aliphatic heterocycles. The molecule has 1 aliphatic rings. The molecule has 0 radical (unpaired) electrons. The van der Waals surface area contributed by atoms with E-state index in [1.165, 1.54) is 0 Å². The van der Waals surface area contributed by atoms with Crippen molar-refractivity contribution in [3.05, 3.63) is 35.4 Å². The molecule has 1 fully saturated rings. The van der Waals surface area contributed by atoms with E-state index in [0.717, 1.165) is 5.56 Å². The summed E-state index contributed by atoms with van der Waals surface area (Å²) in [5.41, 5.74) is 1.64. The van der Waals surface area contributed by atoms with Crippen LogP contribution in [0.25, 0.3) is 0 Å². The van der Waals surface area contributed by atoms with E-state index >= 15 is 0 Å². The van der Waals surface area contributed by atoms with Crippen LogP contribution in [-0.4, -0.2) is 46.9 Å². The number of carbonyl (C=O) groups excluding carboxylic acids is 2. The van der Waals surface area contributed by atoms with Crippen LogP contribution in [0.2, 0.25) is 0 Å². The summed E-state index contributed by atoms with van der Waals surface area (Å²) < 4.78 is 0. The molecule has 0 spiro atoms. The number of benzene rings is 1. The van der Waals surface area contributed by atoms with Gasteiger partial charge in [-0.15, -0.1) is 0 Å². The SMILES string of the molecule is CC(C)C(NC(=O)c1ccc(C(C)(C)C)cc1)C(=O)N1CCC(C(=O)O)C1. The van der Waals surface area contributed by atoms with Gasteiger partial charge in [-0.2, -0.15) is 0 Å². The quantitative estimate of drug-likeness (QED) is 0.830. The molecule has 2 amide bonds. The second kappa shape index (κ2) is 8.11. The van der Waals surface area contributed by atoms with Gasteiger partial charge in [0, 0.05) is 18.7 Å². The Bertz CT molecular complexity index is 704. The van der Waals surface area contributed by atoms with Crippen molar-refractivity contribution in [1.82, 2.24) is 10.2 Å². The predicted molar refractivity (Wildman–Crippen MR) is 104 cm³/mol. The minimum absolute atomic E-state index is 0.00186. The molecule has 2 unspecified atom stereocenters. The first-order valence-corrected chi connectivity index (χ1v) is 9.43. The summed E-state index contributed by atoms with van der Waals surface area (Å²) in [5.74, 6) is -2.01. The van der Waals surface area contributed by atoms with Crippen LogP contribution >= 0.6 is 0 Å². The third-order valence-corrected chi connectivity index (χ3v) is 5.08. The minimum Gasteiger partial charge on any atom is -0.481 e. The Morgan fingerprint density at radius 2 is 1.74 bits per heavy atom. The van der Waals surface area contributed by atoms with Crippen LogP contribution in [-0.2, 0) is 15.0 Å². The minimum atomic E-state index is -0.880. The zero-order valence-corrected chi connectivity index (χ0v) is 16.8. The fraction of sp³-hybridized carbons (Fsp3) is 0.571. The molecule has 2 atom stereocenters. The molecule has 0 saturated carbocycles. The third kappa shape index (κ3) is 5.08. The lowest BCUT2D eigenvalue weighted by Gasteiger charge is -2.27. The highest BCUT2D eigenvalue weighted by atomic mass is 16.4. The van der Waals surface area contributed by atoms with Gasteiger partial charge in [0.05, 0.1) is 5.92 Å². The lowest BCUT2D eigenvalue weighted by atomic mass is 9.86. The summed E-state index contributed by atoms with van der Waals surface area (Å²) >= 11 is 0. The van der Waals surface area contributed by atoms with E-state index in [-0.39, 0.29) is 29.7 Å². The maximum atomic E-state index is 12.8. The van der Waals surface area contributed by atoms with Crippen LogP contribution in [0.3, 0.4) is 0 Å². The molecule has 2 N–H and O–H groups in total. The predicted octanol–water partition coefficient (Wildman–Crippen LogP) is 2.67. The first kappa shape index (κ1) is 20.9. The summed E-state index contributed by atoms with van der Waals surface area (Å²) in [4.78, 5) is 38.1. The molecule has 0 aromatic heterocycles. The van der Waals surface area contributed by atoms with Crippen LogP contribution in [0.4, 0.5) is 0 Å². The molecular weight excluding hydrogens is 344 g/mol. The Balaban J connectivity index is 2.08. The van der Waals surface area contributed by atoms with Crippen LogP contribution in [0.1, 0.15) is 57.0 Å². The summed E-state index contributed by atoms with van der Waals surface area (Å²) in [6.45, 7) is 10.7. The van der Waals surface area contributed by atoms with E-state index in [2.05, 4.69) is 26.1 Å². The van der Waals surface area contributed by atoms with Crippen molar-refractivity contribution < 1.29 is 19.5 Å². The van der Waals surface area contributed by atoms with Crippen molar-refractivity contribution in [1.29, 1.82) is 0 Å². The van der Waals surface area contributed by atoms with Crippen LogP contribution in [0.15, 0.2) is 24.3 Å². The van der Waals surface area contributed by atoms with Gasteiger partial charge in [-0.1, -0.05) is 46.8 Å². The zero-order chi connectivity index (χ0) is 20.4. The molecule has 1 aromatic rings. The van der Waals surface area contributed by atoms with E-state index in [9.17, 15) is 14.4 Å². The van der Waals surface area contributed by atoms with Gasteiger partial charge in [0.1, 0.15) is 6.04 Å². The fourth-order valence-electron chi connectivity index (χ4n) is 3.22. The van der Waals surface area contributed by atoms with E-state index < -0.39 is 17.9 Å². The van der Waals surface area contributed by atoms with E-state index in [4.69, 9.17) is 5.11 Å². The number of nitrogens with one attached hydrogen (secondary N) is 1. The summed E-state index contributed by atoms with van der Waals surface area (Å²) in [7, 11) is 0. The van der Waals surface area contributed by atoms with Crippen molar-refractivity contribution in [3.63, 3.8) is 0 Å². The summed E-state index contributed by atoms with van der Waals surface area (Å²) in [5, 5.41) is 12.0. The monoisotopic (exact) mass is 374 g/mol. The molecule has 6 heteroatoms. The number of carbonyl (C=O) groups is 3. The number of aliphatic carboxylic acids is 1. The average Bonchev–Trinajstić information content (AvgIpc) is 3.08. The number of rotatable bonds is 5. The number of nitrogens with zero attached hydrogens (tertiary/aromatic N) is 1. The smallest absolute Gasteiger partial charge is 0.308 e. The van der Waals surface area contributed by atoms with Gasteiger partial charge in [-0.25, -0.2) is 0 Å². The molecule has 1 saturated heterocycles. The second-order valence-electron chi connectivity index (χ2n) is 8.63. The van der Waals surface area contributed by atoms with Gasteiger partial charge in [0.25, 0.3) is 5.91 Å². The lowest BCUT2D eigenvalue weighted by Crippen LogP contribution is -2.50. The largest absolute Gasteiger partial charge is 0.481 e. The molecule has 1 heterocycles. The fourth-order valence-corrected chi connectivity index (χ4v) is 3.22. The number of amides is 2. The maximum Gasteiger partial charge on any atom is 0.308 e. The molecule has 27 heavy (non-hydrogen) atoms. The molecule has 148 valence electrons. The van der Waals surface area contributed by atoms with Crippen molar-refractivity contribution >= 4 is 17.8 Å². The molecule has 0 bridgehead atoms. The number of carboxylic acid groups (broad SMARTS) is 1. The van der Waals surface area contributed by atoms with Crippen molar-refractivity contribution in [2.75, 3.05) is 13.1 Å². The molecule has 2 rings (SSSR count). The first-order valence-electron chi connectivity index (χ1n) is 9.43. The molecular formula is C21H30N2O4. The van der Waals surface area contributed by atoms with Crippen LogP contribution in [0.5, 0.6) is 0 Å². The van der Waals surface area contributed by atoms with Gasteiger partial charge >= 0.3 is 5.97 Å². The van der Waals surface area contributed by atoms with Gasteiger partial charge < -0.3 is 15.3 Å². The highest BCUT2D eigenvalue weighted by Gasteiger charge is 2.35. The van der Waals surface area contributed by atoms with Crippen molar-refractivity contribution in [2.24, 2.45) is 11.8 Å². The Kier molecular flexibility index (Phi) is 6.29. The highest BCUT2D eigenvalue weighted by molar-refractivity contribution is 5.97. The Morgan fingerprint density at radius 1 is 1.15 bits per heavy atom. The molecule has 6 nitrogen and oxygen atoms in total. The van der Waals surface area contributed by atoms with E-state index in [1.54, 1.807) is 17.0 Å². The van der Waals surface area contributed by atoms with Gasteiger partial charge in [0.15, 0.2) is 0 Å². The second-order valence-corrected chi connectivity index (χ2v) is 8.63. The van der Waals surface area contributed by atoms with Crippen molar-refractivity contribution in [3.8, 4) is 0 Å². The maximum absolute atomic E-state index is 12.8. The first-order chi connectivity index (χ1) is 12.5. The zero-order valence-electron chi connectivity index (χ0n) is 16.8. The van der Waals surface area contributed by atoms with Crippen LogP contribution in [0, 0.1) is 11.8 Å². The van der Waals surface area contributed by atoms with Gasteiger partial charge in [-0.05, 0) is 35.4 Å². The Morgan fingerprint density at radius 3 is 2.19 bits per heavy atom. The number of likely N-dealkylation sites (tertiary alicyclic amines) is 1. The van der Waals surface area contributed by atoms with Gasteiger partial charge in [0.2, 0.25) is 5.91 Å². The molecule has 0 aliphatic carbocycles. The topological polar surface area (TPSA) is 86.7 Å². The third-order valence-electron chi connectivity index (χ3n) is 5.08. The summed E-state index contributed by atoms with van der Waals surface area (Å²) in [6.07, 6.45) is 0.452. The van der Waals surface area contributed by atoms with Gasteiger partial charge in [-0.3, -0.25) is 14.4 Å². The average molecular weight is 374 g/mol. The normalized spacial score (nSPS) is 18.4.